The SMILES string of the molecule is CC1CCC(NC(=O)C2(O)CCSC2)c2ccccc21. The van der Waals surface area contributed by atoms with Crippen molar-refractivity contribution in [1.82, 2.24) is 5.32 Å². The van der Waals surface area contributed by atoms with Crippen LogP contribution in [0, 0.1) is 0 Å². The summed E-state index contributed by atoms with van der Waals surface area (Å²) in [6.07, 6.45) is 2.59. The zero-order chi connectivity index (χ0) is 14.2. The molecule has 108 valence electrons. The second kappa shape index (κ2) is 5.41. The van der Waals surface area contributed by atoms with E-state index in [0.717, 1.165) is 18.6 Å². The Labute approximate surface area is 124 Å². The zero-order valence-electron chi connectivity index (χ0n) is 11.8. The van der Waals surface area contributed by atoms with Crippen molar-refractivity contribution in [2.75, 3.05) is 11.5 Å². The molecule has 1 aromatic carbocycles. The van der Waals surface area contributed by atoms with Crippen LogP contribution < -0.4 is 5.32 Å². The number of amides is 1. The van der Waals surface area contributed by atoms with Gasteiger partial charge in [0.15, 0.2) is 5.60 Å². The molecule has 0 aromatic heterocycles. The molecule has 2 N–H and O–H groups in total. The summed E-state index contributed by atoms with van der Waals surface area (Å²) in [5, 5.41) is 13.4. The minimum absolute atomic E-state index is 0.0459. The molecule has 3 rings (SSSR count). The van der Waals surface area contributed by atoms with Crippen LogP contribution in [0.1, 0.15) is 49.3 Å². The fraction of sp³-hybridized carbons (Fsp3) is 0.562. The number of aliphatic hydroxyl groups is 1. The van der Waals surface area contributed by atoms with Gasteiger partial charge in [0.2, 0.25) is 0 Å². The maximum atomic E-state index is 12.4. The molecule has 3 unspecified atom stereocenters. The molecule has 1 aliphatic carbocycles. The van der Waals surface area contributed by atoms with E-state index in [4.69, 9.17) is 0 Å². The Morgan fingerprint density at radius 3 is 2.80 bits per heavy atom. The monoisotopic (exact) mass is 291 g/mol. The van der Waals surface area contributed by atoms with Crippen LogP contribution in [0.3, 0.4) is 0 Å². The number of thioether (sulfide) groups is 1. The molecule has 1 saturated heterocycles. The number of nitrogens with one attached hydrogen (secondary N) is 1. The molecule has 0 saturated carbocycles. The lowest BCUT2D eigenvalue weighted by atomic mass is 9.81. The number of rotatable bonds is 2. The molecule has 1 aliphatic heterocycles. The summed E-state index contributed by atoms with van der Waals surface area (Å²) in [6, 6.07) is 8.38. The van der Waals surface area contributed by atoms with Crippen LogP contribution in [0.25, 0.3) is 0 Å². The van der Waals surface area contributed by atoms with Crippen LogP contribution in [-0.2, 0) is 4.79 Å². The molecule has 2 aliphatic rings. The van der Waals surface area contributed by atoms with Crippen molar-refractivity contribution in [3.63, 3.8) is 0 Å². The lowest BCUT2D eigenvalue weighted by Crippen LogP contribution is -2.48. The molecule has 0 bridgehead atoms. The van der Waals surface area contributed by atoms with Gasteiger partial charge in [-0.1, -0.05) is 31.2 Å². The van der Waals surface area contributed by atoms with Crippen molar-refractivity contribution in [1.29, 1.82) is 0 Å². The van der Waals surface area contributed by atoms with Gasteiger partial charge in [-0.2, -0.15) is 11.8 Å². The highest BCUT2D eigenvalue weighted by molar-refractivity contribution is 7.99. The van der Waals surface area contributed by atoms with Gasteiger partial charge < -0.3 is 10.4 Å². The highest BCUT2D eigenvalue weighted by Crippen LogP contribution is 2.37. The van der Waals surface area contributed by atoms with E-state index in [2.05, 4.69) is 30.4 Å². The Hall–Kier alpha value is -1.00. The fourth-order valence-corrected chi connectivity index (χ4v) is 4.42. The van der Waals surface area contributed by atoms with E-state index in [1.807, 2.05) is 6.07 Å². The Morgan fingerprint density at radius 2 is 2.10 bits per heavy atom. The molecule has 4 heteroatoms. The normalized spacial score (nSPS) is 32.7. The quantitative estimate of drug-likeness (QED) is 0.880. The third kappa shape index (κ3) is 2.47. The molecular weight excluding hydrogens is 270 g/mol. The largest absolute Gasteiger partial charge is 0.379 e. The molecule has 1 aromatic rings. The van der Waals surface area contributed by atoms with Crippen LogP contribution in [0.2, 0.25) is 0 Å². The van der Waals surface area contributed by atoms with E-state index in [-0.39, 0.29) is 11.9 Å². The average Bonchev–Trinajstić information content (AvgIpc) is 2.90. The van der Waals surface area contributed by atoms with Crippen molar-refractivity contribution in [2.45, 2.75) is 43.7 Å². The van der Waals surface area contributed by atoms with E-state index in [1.54, 1.807) is 11.8 Å². The van der Waals surface area contributed by atoms with E-state index in [1.165, 1.54) is 11.1 Å². The van der Waals surface area contributed by atoms with Crippen molar-refractivity contribution in [2.24, 2.45) is 0 Å². The van der Waals surface area contributed by atoms with E-state index < -0.39 is 5.60 Å². The van der Waals surface area contributed by atoms with Crippen LogP contribution >= 0.6 is 11.8 Å². The number of benzene rings is 1. The van der Waals surface area contributed by atoms with E-state index in [0.29, 0.717) is 18.1 Å². The van der Waals surface area contributed by atoms with Crippen molar-refractivity contribution in [3.05, 3.63) is 35.4 Å². The predicted octanol–water partition coefficient (Wildman–Crippen LogP) is 2.61. The Balaban J connectivity index is 1.79. The molecule has 20 heavy (non-hydrogen) atoms. The Bertz CT molecular complexity index is 511. The van der Waals surface area contributed by atoms with Gasteiger partial charge in [-0.25, -0.2) is 0 Å². The molecule has 1 amide bonds. The average molecular weight is 291 g/mol. The first-order valence-corrected chi connectivity index (χ1v) is 8.45. The Kier molecular flexibility index (Phi) is 3.78. The summed E-state index contributed by atoms with van der Waals surface area (Å²) >= 11 is 1.65. The second-order valence-corrected chi connectivity index (χ2v) is 7.07. The summed E-state index contributed by atoms with van der Waals surface area (Å²) in [7, 11) is 0. The molecule has 3 atom stereocenters. The van der Waals surface area contributed by atoms with Gasteiger partial charge in [-0.3, -0.25) is 4.79 Å². The van der Waals surface area contributed by atoms with Crippen LogP contribution in [0.4, 0.5) is 0 Å². The zero-order valence-corrected chi connectivity index (χ0v) is 12.6. The highest BCUT2D eigenvalue weighted by atomic mass is 32.2. The first-order chi connectivity index (χ1) is 9.60. The third-order valence-electron chi connectivity index (χ3n) is 4.52. The first kappa shape index (κ1) is 14.0. The number of carbonyl (C=O) groups excluding carboxylic acids is 1. The number of carbonyl (C=O) groups is 1. The summed E-state index contributed by atoms with van der Waals surface area (Å²) < 4.78 is 0. The van der Waals surface area contributed by atoms with Gasteiger partial charge in [-0.15, -0.1) is 0 Å². The summed E-state index contributed by atoms with van der Waals surface area (Å²) in [5.41, 5.74) is 1.38. The van der Waals surface area contributed by atoms with E-state index in [9.17, 15) is 9.90 Å². The molecule has 0 radical (unpaired) electrons. The smallest absolute Gasteiger partial charge is 0.253 e. The lowest BCUT2D eigenvalue weighted by Gasteiger charge is -2.32. The number of hydrogen-bond donors (Lipinski definition) is 2. The van der Waals surface area contributed by atoms with Gasteiger partial charge in [0.25, 0.3) is 5.91 Å². The van der Waals surface area contributed by atoms with Gasteiger partial charge in [0.05, 0.1) is 6.04 Å². The summed E-state index contributed by atoms with van der Waals surface area (Å²) in [4.78, 5) is 12.4. The maximum Gasteiger partial charge on any atom is 0.253 e. The van der Waals surface area contributed by atoms with Crippen LogP contribution in [-0.4, -0.2) is 28.1 Å². The van der Waals surface area contributed by atoms with Crippen molar-refractivity contribution in [3.8, 4) is 0 Å². The molecule has 0 spiro atoms. The highest BCUT2D eigenvalue weighted by Gasteiger charge is 2.40. The predicted molar refractivity (Wildman–Crippen MR) is 81.9 cm³/mol. The minimum Gasteiger partial charge on any atom is -0.379 e. The van der Waals surface area contributed by atoms with E-state index >= 15 is 0 Å². The van der Waals surface area contributed by atoms with Crippen LogP contribution in [0.15, 0.2) is 24.3 Å². The van der Waals surface area contributed by atoms with Gasteiger partial charge in [-0.05, 0) is 42.1 Å². The minimum atomic E-state index is -1.16. The lowest BCUT2D eigenvalue weighted by molar-refractivity contribution is -0.138. The Morgan fingerprint density at radius 1 is 1.35 bits per heavy atom. The van der Waals surface area contributed by atoms with Crippen molar-refractivity contribution >= 4 is 17.7 Å². The molecule has 3 nitrogen and oxygen atoms in total. The molecule has 1 fully saturated rings. The van der Waals surface area contributed by atoms with Gasteiger partial charge in [0.1, 0.15) is 0 Å². The fourth-order valence-electron chi connectivity index (χ4n) is 3.18. The van der Waals surface area contributed by atoms with Crippen molar-refractivity contribution < 1.29 is 9.90 Å². The molecule has 1 heterocycles. The summed E-state index contributed by atoms with van der Waals surface area (Å²) in [6.45, 7) is 2.23. The number of hydrogen-bond acceptors (Lipinski definition) is 3. The van der Waals surface area contributed by atoms with Gasteiger partial charge in [0, 0.05) is 5.75 Å². The third-order valence-corrected chi connectivity index (χ3v) is 5.69. The first-order valence-electron chi connectivity index (χ1n) is 7.30. The maximum absolute atomic E-state index is 12.4. The van der Waals surface area contributed by atoms with Gasteiger partial charge >= 0.3 is 0 Å². The molecular formula is C16H21NO2S. The topological polar surface area (TPSA) is 49.3 Å². The summed E-state index contributed by atoms with van der Waals surface area (Å²) in [5.74, 6) is 1.73. The second-order valence-electron chi connectivity index (χ2n) is 5.97. The standard InChI is InChI=1S/C16H21NO2S/c1-11-6-7-14(13-5-3-2-4-12(11)13)17-15(18)16(19)8-9-20-10-16/h2-5,11,14,19H,6-10H2,1H3,(H,17,18). The van der Waals surface area contributed by atoms with Crippen LogP contribution in [0.5, 0.6) is 0 Å². The number of fused-ring (bicyclic) bond motifs is 1.